The molecule has 1 fully saturated rings. The Hall–Kier alpha value is -1.14. The Bertz CT molecular complexity index is 463. The predicted octanol–water partition coefficient (Wildman–Crippen LogP) is 1.93. The van der Waals surface area contributed by atoms with Crippen molar-refractivity contribution >= 4 is 17.5 Å². The zero-order chi connectivity index (χ0) is 14.3. The number of halogens is 1. The summed E-state index contributed by atoms with van der Waals surface area (Å²) in [6.07, 6.45) is 0. The van der Waals surface area contributed by atoms with E-state index in [2.05, 4.69) is 15.0 Å². The van der Waals surface area contributed by atoms with E-state index in [1.807, 2.05) is 32.6 Å². The molecule has 1 aromatic rings. The zero-order valence-electron chi connectivity index (χ0n) is 11.9. The van der Waals surface area contributed by atoms with E-state index < -0.39 is 0 Å². The van der Waals surface area contributed by atoms with Crippen molar-refractivity contribution in [2.75, 3.05) is 25.1 Å². The lowest BCUT2D eigenvalue weighted by Crippen LogP contribution is -2.57. The molecule has 0 unspecified atom stereocenters. The maximum Gasteiger partial charge on any atom is 0.322 e. The van der Waals surface area contributed by atoms with Gasteiger partial charge < -0.3 is 14.4 Å². The molecule has 19 heavy (non-hydrogen) atoms. The van der Waals surface area contributed by atoms with Crippen LogP contribution in [0, 0.1) is 0 Å². The fourth-order valence-corrected chi connectivity index (χ4v) is 2.63. The number of ether oxygens (including phenoxy) is 2. The van der Waals surface area contributed by atoms with E-state index in [1.165, 1.54) is 7.11 Å². The first-order valence-corrected chi connectivity index (χ1v) is 6.49. The molecule has 1 aliphatic heterocycles. The summed E-state index contributed by atoms with van der Waals surface area (Å²) in [7, 11) is 1.50. The van der Waals surface area contributed by atoms with Gasteiger partial charge in [-0.15, -0.1) is 0 Å². The minimum atomic E-state index is -0.284. The smallest absolute Gasteiger partial charge is 0.322 e. The van der Waals surface area contributed by atoms with Gasteiger partial charge >= 0.3 is 6.01 Å². The van der Waals surface area contributed by atoms with Gasteiger partial charge in [0, 0.05) is 13.1 Å². The van der Waals surface area contributed by atoms with Gasteiger partial charge in [-0.3, -0.25) is 0 Å². The summed E-state index contributed by atoms with van der Waals surface area (Å²) in [6.45, 7) is 9.53. The molecule has 106 valence electrons. The maximum atomic E-state index is 6.02. The van der Waals surface area contributed by atoms with Crippen molar-refractivity contribution in [1.82, 2.24) is 15.0 Å². The van der Waals surface area contributed by atoms with E-state index in [0.717, 1.165) is 0 Å². The van der Waals surface area contributed by atoms with E-state index in [-0.39, 0.29) is 22.5 Å². The summed E-state index contributed by atoms with van der Waals surface area (Å²) in [6, 6.07) is 0.220. The quantitative estimate of drug-likeness (QED) is 0.828. The second kappa shape index (κ2) is 4.76. The second-order valence-electron chi connectivity index (χ2n) is 5.87. The van der Waals surface area contributed by atoms with Gasteiger partial charge in [-0.2, -0.15) is 15.0 Å². The summed E-state index contributed by atoms with van der Waals surface area (Å²) >= 11 is 5.89. The molecule has 0 bridgehead atoms. The van der Waals surface area contributed by atoms with Crippen molar-refractivity contribution in [1.29, 1.82) is 0 Å². The number of methoxy groups -OCH3 is 1. The van der Waals surface area contributed by atoms with Crippen LogP contribution in [0.15, 0.2) is 0 Å². The van der Waals surface area contributed by atoms with Gasteiger partial charge in [0.05, 0.1) is 18.3 Å². The van der Waals surface area contributed by atoms with Crippen LogP contribution in [-0.4, -0.2) is 46.4 Å². The summed E-state index contributed by atoms with van der Waals surface area (Å²) in [5.41, 5.74) is -0.567. The Morgan fingerprint density at radius 1 is 1.11 bits per heavy atom. The topological polar surface area (TPSA) is 60.4 Å². The van der Waals surface area contributed by atoms with E-state index >= 15 is 0 Å². The molecule has 0 N–H and O–H groups in total. The van der Waals surface area contributed by atoms with Crippen LogP contribution in [0.5, 0.6) is 6.01 Å². The fraction of sp³-hybridized carbons (Fsp3) is 0.750. The monoisotopic (exact) mass is 286 g/mol. The number of hydrogen-bond acceptors (Lipinski definition) is 6. The third-order valence-electron chi connectivity index (χ3n) is 2.74. The van der Waals surface area contributed by atoms with Gasteiger partial charge in [0.15, 0.2) is 0 Å². The average molecular weight is 287 g/mol. The first kappa shape index (κ1) is 14.3. The molecule has 0 aliphatic carbocycles. The highest BCUT2D eigenvalue weighted by Gasteiger charge is 2.39. The second-order valence-corrected chi connectivity index (χ2v) is 6.21. The highest BCUT2D eigenvalue weighted by molar-refractivity contribution is 6.28. The minimum absolute atomic E-state index is 0.129. The SMILES string of the molecule is COc1nc(Cl)nc(N2CC(C)(C)OC(C)(C)C2)n1. The summed E-state index contributed by atoms with van der Waals surface area (Å²) in [5.74, 6) is 0.515. The van der Waals surface area contributed by atoms with E-state index in [9.17, 15) is 0 Å². The molecule has 1 saturated heterocycles. The maximum absolute atomic E-state index is 6.02. The zero-order valence-corrected chi connectivity index (χ0v) is 12.7. The fourth-order valence-electron chi connectivity index (χ4n) is 2.48. The van der Waals surface area contributed by atoms with Crippen molar-refractivity contribution in [2.24, 2.45) is 0 Å². The molecule has 0 radical (unpaired) electrons. The third kappa shape index (κ3) is 3.45. The van der Waals surface area contributed by atoms with Gasteiger partial charge in [-0.1, -0.05) is 0 Å². The first-order valence-electron chi connectivity index (χ1n) is 6.11. The van der Waals surface area contributed by atoms with Gasteiger partial charge in [0.2, 0.25) is 11.2 Å². The number of hydrogen-bond donors (Lipinski definition) is 0. The molecule has 0 atom stereocenters. The standard InChI is InChI=1S/C12H19ClN4O2/c1-11(2)6-17(7-12(3,4)19-11)9-14-8(13)15-10(16-9)18-5/h6-7H2,1-5H3. The molecular weight excluding hydrogens is 268 g/mol. The normalized spacial score (nSPS) is 21.3. The van der Waals surface area contributed by atoms with Crippen LogP contribution in [0.2, 0.25) is 5.28 Å². The van der Waals surface area contributed by atoms with Gasteiger partial charge in [-0.05, 0) is 39.3 Å². The molecule has 0 aromatic carbocycles. The Morgan fingerprint density at radius 2 is 1.68 bits per heavy atom. The Kier molecular flexibility index (Phi) is 3.57. The molecule has 2 heterocycles. The summed E-state index contributed by atoms with van der Waals surface area (Å²) < 4.78 is 11.0. The lowest BCUT2D eigenvalue weighted by atomic mass is 9.99. The Labute approximate surface area is 118 Å². The predicted molar refractivity (Wildman–Crippen MR) is 72.8 cm³/mol. The van der Waals surface area contributed by atoms with Crippen LogP contribution in [-0.2, 0) is 4.74 Å². The van der Waals surface area contributed by atoms with Crippen molar-refractivity contribution in [2.45, 2.75) is 38.9 Å². The average Bonchev–Trinajstić information content (AvgIpc) is 2.24. The number of rotatable bonds is 2. The number of morpholine rings is 1. The highest BCUT2D eigenvalue weighted by atomic mass is 35.5. The molecule has 2 rings (SSSR count). The molecular formula is C12H19ClN4O2. The first-order chi connectivity index (χ1) is 8.71. The Morgan fingerprint density at radius 3 is 2.21 bits per heavy atom. The molecule has 1 aliphatic rings. The van der Waals surface area contributed by atoms with Crippen LogP contribution in [0.4, 0.5) is 5.95 Å². The molecule has 6 nitrogen and oxygen atoms in total. The van der Waals surface area contributed by atoms with Crippen molar-refractivity contribution in [3.8, 4) is 6.01 Å². The number of aromatic nitrogens is 3. The third-order valence-corrected chi connectivity index (χ3v) is 2.91. The Balaban J connectivity index is 2.33. The van der Waals surface area contributed by atoms with Crippen LogP contribution in [0.3, 0.4) is 0 Å². The van der Waals surface area contributed by atoms with Crippen molar-refractivity contribution in [3.63, 3.8) is 0 Å². The van der Waals surface area contributed by atoms with Crippen LogP contribution in [0.1, 0.15) is 27.7 Å². The van der Waals surface area contributed by atoms with E-state index in [4.69, 9.17) is 21.1 Å². The molecule has 0 spiro atoms. The van der Waals surface area contributed by atoms with Crippen LogP contribution < -0.4 is 9.64 Å². The molecule has 0 saturated carbocycles. The summed E-state index contributed by atoms with van der Waals surface area (Å²) in [5, 5.41) is 0.129. The van der Waals surface area contributed by atoms with Gasteiger partial charge in [-0.25, -0.2) is 0 Å². The number of anilines is 1. The van der Waals surface area contributed by atoms with Crippen LogP contribution in [0.25, 0.3) is 0 Å². The largest absolute Gasteiger partial charge is 0.467 e. The lowest BCUT2D eigenvalue weighted by molar-refractivity contribution is -0.133. The molecule has 7 heteroatoms. The summed E-state index contributed by atoms with van der Waals surface area (Å²) in [4.78, 5) is 14.3. The highest BCUT2D eigenvalue weighted by Crippen LogP contribution is 2.30. The van der Waals surface area contributed by atoms with Crippen molar-refractivity contribution in [3.05, 3.63) is 5.28 Å². The molecule has 0 amide bonds. The van der Waals surface area contributed by atoms with E-state index in [1.54, 1.807) is 0 Å². The van der Waals surface area contributed by atoms with E-state index in [0.29, 0.717) is 19.0 Å². The van der Waals surface area contributed by atoms with Gasteiger partial charge in [0.1, 0.15) is 0 Å². The van der Waals surface area contributed by atoms with Gasteiger partial charge in [0.25, 0.3) is 0 Å². The minimum Gasteiger partial charge on any atom is -0.467 e. The lowest BCUT2D eigenvalue weighted by Gasteiger charge is -2.47. The number of nitrogens with zero attached hydrogens (tertiary/aromatic N) is 4. The molecule has 1 aromatic heterocycles. The van der Waals surface area contributed by atoms with Crippen molar-refractivity contribution < 1.29 is 9.47 Å². The van der Waals surface area contributed by atoms with Crippen LogP contribution >= 0.6 is 11.6 Å².